The van der Waals surface area contributed by atoms with E-state index < -0.39 is 0 Å². The Hall–Kier alpha value is -0.940. The molecule has 5 heteroatoms. The number of amides is 2. The van der Waals surface area contributed by atoms with Crippen LogP contribution < -0.4 is 10.6 Å². The molecule has 3 atom stereocenters. The minimum absolute atomic E-state index is 0.00829. The van der Waals surface area contributed by atoms with Gasteiger partial charge in [0.25, 0.3) is 0 Å². The van der Waals surface area contributed by atoms with E-state index in [1.54, 1.807) is 0 Å². The largest absolute Gasteiger partial charge is 0.392 e. The van der Waals surface area contributed by atoms with E-state index in [1.807, 2.05) is 0 Å². The molecule has 1 saturated carbocycles. The van der Waals surface area contributed by atoms with Crippen LogP contribution in [0.3, 0.4) is 0 Å². The predicted octanol–water partition coefficient (Wildman–Crippen LogP) is -0.705. The summed E-state index contributed by atoms with van der Waals surface area (Å²) in [5, 5.41) is 15.0. The van der Waals surface area contributed by atoms with Crippen LogP contribution in [0.2, 0.25) is 0 Å². The lowest BCUT2D eigenvalue weighted by Gasteiger charge is -2.26. The van der Waals surface area contributed by atoms with Crippen molar-refractivity contribution in [1.29, 1.82) is 0 Å². The zero-order valence-electron chi connectivity index (χ0n) is 8.53. The zero-order valence-corrected chi connectivity index (χ0v) is 8.53. The fraction of sp³-hybridized carbons (Fsp3) is 0.800. The van der Waals surface area contributed by atoms with Gasteiger partial charge in [0.05, 0.1) is 12.1 Å². The predicted molar refractivity (Wildman–Crippen MR) is 53.0 cm³/mol. The molecule has 5 nitrogen and oxygen atoms in total. The highest BCUT2D eigenvalue weighted by atomic mass is 16.3. The second-order valence-corrected chi connectivity index (χ2v) is 4.28. The number of hydrogen-bond donors (Lipinski definition) is 3. The number of hydrogen-bond acceptors (Lipinski definition) is 4. The minimum atomic E-state index is -0.351. The quantitative estimate of drug-likeness (QED) is 0.529. The van der Waals surface area contributed by atoms with Crippen molar-refractivity contribution in [3.8, 4) is 0 Å². The number of carbonyl (C=O) groups excluding carboxylic acids is 2. The van der Waals surface area contributed by atoms with Crippen LogP contribution in [0.15, 0.2) is 0 Å². The highest BCUT2D eigenvalue weighted by molar-refractivity contribution is 6.00. The summed E-state index contributed by atoms with van der Waals surface area (Å²) in [6.45, 7) is 0. The van der Waals surface area contributed by atoms with E-state index in [-0.39, 0.29) is 30.0 Å². The first-order valence-corrected chi connectivity index (χ1v) is 5.44. The molecule has 84 valence electrons. The lowest BCUT2D eigenvalue weighted by atomic mass is 10.0. The van der Waals surface area contributed by atoms with Crippen molar-refractivity contribution < 1.29 is 14.7 Å². The van der Waals surface area contributed by atoms with Crippen molar-refractivity contribution in [2.24, 2.45) is 0 Å². The summed E-state index contributed by atoms with van der Waals surface area (Å²) in [6.07, 6.45) is 3.26. The summed E-state index contributed by atoms with van der Waals surface area (Å²) < 4.78 is 0. The number of imide groups is 1. The van der Waals surface area contributed by atoms with Gasteiger partial charge in [0, 0.05) is 12.5 Å². The van der Waals surface area contributed by atoms with Gasteiger partial charge in [-0.05, 0) is 25.7 Å². The Morgan fingerprint density at radius 3 is 2.67 bits per heavy atom. The molecule has 0 aromatic rings. The van der Waals surface area contributed by atoms with Crippen LogP contribution in [0.1, 0.15) is 32.1 Å². The summed E-state index contributed by atoms with van der Waals surface area (Å²) in [5.74, 6) is -0.463. The van der Waals surface area contributed by atoms with Crippen LogP contribution in [0.5, 0.6) is 0 Å². The van der Waals surface area contributed by atoms with E-state index in [0.717, 1.165) is 19.3 Å². The maximum atomic E-state index is 11.4. The Morgan fingerprint density at radius 1 is 1.27 bits per heavy atom. The molecule has 0 aromatic heterocycles. The second-order valence-electron chi connectivity index (χ2n) is 4.28. The van der Waals surface area contributed by atoms with Crippen LogP contribution in [0, 0.1) is 0 Å². The summed E-state index contributed by atoms with van der Waals surface area (Å²) in [7, 11) is 0. The van der Waals surface area contributed by atoms with Crippen LogP contribution >= 0.6 is 0 Å². The number of aliphatic hydroxyl groups is 1. The monoisotopic (exact) mass is 212 g/mol. The van der Waals surface area contributed by atoms with Gasteiger partial charge in [0.1, 0.15) is 0 Å². The van der Waals surface area contributed by atoms with Gasteiger partial charge < -0.3 is 10.4 Å². The zero-order chi connectivity index (χ0) is 10.8. The Morgan fingerprint density at radius 2 is 2.07 bits per heavy atom. The third kappa shape index (κ3) is 2.35. The maximum Gasteiger partial charge on any atom is 0.243 e. The molecule has 2 aliphatic rings. The second kappa shape index (κ2) is 4.28. The third-order valence-electron chi connectivity index (χ3n) is 3.13. The molecule has 2 amide bonds. The molecule has 2 rings (SSSR count). The van der Waals surface area contributed by atoms with Crippen LogP contribution in [-0.4, -0.2) is 35.1 Å². The van der Waals surface area contributed by atoms with E-state index in [9.17, 15) is 14.7 Å². The van der Waals surface area contributed by atoms with E-state index in [0.29, 0.717) is 12.8 Å². The maximum absolute atomic E-state index is 11.4. The first-order chi connectivity index (χ1) is 7.16. The molecule has 1 heterocycles. The standard InChI is InChI=1S/C10H16N2O3/c13-8-3-1-2-6(8)11-7-4-5-9(14)12-10(7)15/h6-8,11,13H,1-5H2,(H,12,14,15). The lowest BCUT2D eigenvalue weighted by Crippen LogP contribution is -2.54. The summed E-state index contributed by atoms with van der Waals surface area (Å²) in [6, 6.07) is -0.311. The van der Waals surface area contributed by atoms with Gasteiger partial charge in [-0.1, -0.05) is 0 Å². The highest BCUT2D eigenvalue weighted by Gasteiger charge is 2.32. The first kappa shape index (κ1) is 10.6. The van der Waals surface area contributed by atoms with E-state index >= 15 is 0 Å². The third-order valence-corrected chi connectivity index (χ3v) is 3.13. The molecule has 15 heavy (non-hydrogen) atoms. The first-order valence-electron chi connectivity index (χ1n) is 5.44. The van der Waals surface area contributed by atoms with Crippen LogP contribution in [0.4, 0.5) is 0 Å². The molecule has 0 aromatic carbocycles. The normalized spacial score (nSPS) is 36.7. The van der Waals surface area contributed by atoms with Gasteiger partial charge in [-0.3, -0.25) is 14.9 Å². The fourth-order valence-corrected chi connectivity index (χ4v) is 2.25. The molecule has 1 saturated heterocycles. The Labute approximate surface area is 88.2 Å². The smallest absolute Gasteiger partial charge is 0.243 e. The van der Waals surface area contributed by atoms with Gasteiger partial charge in [-0.25, -0.2) is 0 Å². The van der Waals surface area contributed by atoms with Crippen molar-refractivity contribution >= 4 is 11.8 Å². The number of piperidine rings is 1. The molecule has 0 radical (unpaired) electrons. The Kier molecular flexibility index (Phi) is 3.02. The SMILES string of the molecule is O=C1CCC(NC2CCCC2O)C(=O)N1. The molecular formula is C10H16N2O3. The molecule has 1 aliphatic carbocycles. The van der Waals surface area contributed by atoms with Crippen LogP contribution in [-0.2, 0) is 9.59 Å². The Balaban J connectivity index is 1.88. The summed E-state index contributed by atoms with van der Waals surface area (Å²) >= 11 is 0. The lowest BCUT2D eigenvalue weighted by molar-refractivity contribution is -0.135. The molecule has 3 N–H and O–H groups in total. The van der Waals surface area contributed by atoms with Crippen molar-refractivity contribution in [2.45, 2.75) is 50.3 Å². The average Bonchev–Trinajstić information content (AvgIpc) is 2.57. The van der Waals surface area contributed by atoms with Gasteiger partial charge in [0.2, 0.25) is 11.8 Å². The molecular weight excluding hydrogens is 196 g/mol. The highest BCUT2D eigenvalue weighted by Crippen LogP contribution is 2.20. The average molecular weight is 212 g/mol. The fourth-order valence-electron chi connectivity index (χ4n) is 2.25. The summed E-state index contributed by atoms with van der Waals surface area (Å²) in [5.41, 5.74) is 0. The van der Waals surface area contributed by atoms with Gasteiger partial charge in [-0.15, -0.1) is 0 Å². The van der Waals surface area contributed by atoms with E-state index in [4.69, 9.17) is 0 Å². The van der Waals surface area contributed by atoms with Crippen molar-refractivity contribution in [1.82, 2.24) is 10.6 Å². The number of rotatable bonds is 2. The molecule has 0 spiro atoms. The Bertz CT molecular complexity index is 280. The topological polar surface area (TPSA) is 78.4 Å². The molecule has 0 bridgehead atoms. The summed E-state index contributed by atoms with van der Waals surface area (Å²) in [4.78, 5) is 22.3. The van der Waals surface area contributed by atoms with Crippen molar-refractivity contribution in [3.05, 3.63) is 0 Å². The minimum Gasteiger partial charge on any atom is -0.392 e. The number of nitrogens with one attached hydrogen (secondary N) is 2. The molecule has 2 fully saturated rings. The van der Waals surface area contributed by atoms with Crippen molar-refractivity contribution in [2.75, 3.05) is 0 Å². The van der Waals surface area contributed by atoms with Crippen LogP contribution in [0.25, 0.3) is 0 Å². The van der Waals surface area contributed by atoms with Gasteiger partial charge in [0.15, 0.2) is 0 Å². The van der Waals surface area contributed by atoms with E-state index in [2.05, 4.69) is 10.6 Å². The molecule has 3 unspecified atom stereocenters. The number of aliphatic hydroxyl groups excluding tert-OH is 1. The molecule has 1 aliphatic heterocycles. The van der Waals surface area contributed by atoms with Crippen molar-refractivity contribution in [3.63, 3.8) is 0 Å². The number of carbonyl (C=O) groups is 2. The van der Waals surface area contributed by atoms with Gasteiger partial charge >= 0.3 is 0 Å². The van der Waals surface area contributed by atoms with E-state index in [1.165, 1.54) is 0 Å². The van der Waals surface area contributed by atoms with Gasteiger partial charge in [-0.2, -0.15) is 0 Å².